The number of aryl methyl sites for hydroxylation is 2. The van der Waals surface area contributed by atoms with Crippen LogP contribution < -0.4 is 0 Å². The molecule has 2 aromatic carbocycles. The van der Waals surface area contributed by atoms with Crippen molar-refractivity contribution in [2.75, 3.05) is 0 Å². The van der Waals surface area contributed by atoms with Crippen molar-refractivity contribution in [3.05, 3.63) is 76.9 Å². The first-order valence-corrected chi connectivity index (χ1v) is 10.3. The summed E-state index contributed by atoms with van der Waals surface area (Å²) >= 11 is 0. The zero-order chi connectivity index (χ0) is 19.8. The number of hydrogen-bond donors (Lipinski definition) is 1. The summed E-state index contributed by atoms with van der Waals surface area (Å²) in [7, 11) is -3.89. The summed E-state index contributed by atoms with van der Waals surface area (Å²) in [5.41, 5.74) is 2.42. The monoisotopic (exact) mass is 385 g/mol. The van der Waals surface area contributed by atoms with Crippen LogP contribution in [-0.2, 0) is 14.8 Å². The Labute approximate surface area is 160 Å². The third kappa shape index (κ3) is 3.42. The van der Waals surface area contributed by atoms with E-state index < -0.39 is 28.1 Å². The molecule has 0 saturated heterocycles. The van der Waals surface area contributed by atoms with Crippen molar-refractivity contribution < 1.29 is 18.3 Å². The molecule has 0 aromatic heterocycles. The lowest BCUT2D eigenvalue weighted by Gasteiger charge is -2.31. The molecule has 1 heterocycles. The second-order valence-corrected chi connectivity index (χ2v) is 8.63. The zero-order valence-corrected chi connectivity index (χ0v) is 16.4. The largest absolute Gasteiger partial charge is 0.478 e. The van der Waals surface area contributed by atoms with Crippen molar-refractivity contribution in [2.24, 2.45) is 0 Å². The molecule has 2 aromatic rings. The van der Waals surface area contributed by atoms with Crippen molar-refractivity contribution >= 4 is 16.0 Å². The molecule has 142 valence electrons. The first-order valence-electron chi connectivity index (χ1n) is 8.88. The lowest BCUT2D eigenvalue weighted by Crippen LogP contribution is -2.39. The van der Waals surface area contributed by atoms with Gasteiger partial charge in [-0.1, -0.05) is 61.0 Å². The molecule has 1 N–H and O–H groups in total. The van der Waals surface area contributed by atoms with Crippen molar-refractivity contribution in [2.45, 2.75) is 44.2 Å². The van der Waals surface area contributed by atoms with Gasteiger partial charge in [-0.15, -0.1) is 0 Å². The molecule has 3 rings (SSSR count). The minimum atomic E-state index is -3.89. The maximum Gasteiger partial charge on any atom is 0.333 e. The normalized spacial score (nSPS) is 20.5. The highest BCUT2D eigenvalue weighted by atomic mass is 32.2. The Morgan fingerprint density at radius 1 is 1.07 bits per heavy atom. The standard InChI is InChI=1S/C21H23NO4S/c1-4-17-13-18(21(23)24)20(16-11-9-14(2)10-12-16)22(17)27(25,26)19-8-6-5-7-15(19)3/h5-13,17,20H,4H2,1-3H3,(H,23,24)/t17-,20+/m0/s1. The van der Waals surface area contributed by atoms with Gasteiger partial charge in [0.1, 0.15) is 0 Å². The van der Waals surface area contributed by atoms with Crippen molar-refractivity contribution in [3.63, 3.8) is 0 Å². The molecule has 2 atom stereocenters. The predicted octanol–water partition coefficient (Wildman–Crippen LogP) is 3.84. The average Bonchev–Trinajstić information content (AvgIpc) is 3.03. The third-order valence-electron chi connectivity index (χ3n) is 4.96. The van der Waals surface area contributed by atoms with Gasteiger partial charge in [0, 0.05) is 6.04 Å². The minimum absolute atomic E-state index is 0.0999. The lowest BCUT2D eigenvalue weighted by molar-refractivity contribution is -0.133. The van der Waals surface area contributed by atoms with Gasteiger partial charge < -0.3 is 5.11 Å². The van der Waals surface area contributed by atoms with Gasteiger partial charge in [-0.25, -0.2) is 13.2 Å². The Morgan fingerprint density at radius 2 is 1.70 bits per heavy atom. The Hall–Kier alpha value is -2.44. The van der Waals surface area contributed by atoms with Gasteiger partial charge >= 0.3 is 5.97 Å². The van der Waals surface area contributed by atoms with Crippen LogP contribution in [0.4, 0.5) is 0 Å². The molecule has 1 aliphatic heterocycles. The second-order valence-electron chi connectivity index (χ2n) is 6.82. The van der Waals surface area contributed by atoms with Crippen LogP contribution in [0.5, 0.6) is 0 Å². The van der Waals surface area contributed by atoms with Crippen LogP contribution in [0, 0.1) is 13.8 Å². The van der Waals surface area contributed by atoms with Gasteiger partial charge in [0.15, 0.2) is 0 Å². The smallest absolute Gasteiger partial charge is 0.333 e. The second kappa shape index (κ2) is 7.29. The number of nitrogens with zero attached hydrogens (tertiary/aromatic N) is 1. The van der Waals surface area contributed by atoms with E-state index in [-0.39, 0.29) is 10.5 Å². The molecular weight excluding hydrogens is 362 g/mol. The highest BCUT2D eigenvalue weighted by Gasteiger charge is 2.45. The first-order chi connectivity index (χ1) is 12.8. The average molecular weight is 385 g/mol. The fraction of sp³-hybridized carbons (Fsp3) is 0.286. The van der Waals surface area contributed by atoms with E-state index in [1.807, 2.05) is 26.0 Å². The quantitative estimate of drug-likeness (QED) is 0.849. The molecule has 27 heavy (non-hydrogen) atoms. The van der Waals surface area contributed by atoms with Gasteiger partial charge in [-0.3, -0.25) is 0 Å². The number of hydrogen-bond acceptors (Lipinski definition) is 3. The van der Waals surface area contributed by atoms with Crippen molar-refractivity contribution in [1.29, 1.82) is 0 Å². The molecule has 0 bridgehead atoms. The van der Waals surface area contributed by atoms with Crippen LogP contribution in [0.1, 0.15) is 36.1 Å². The fourth-order valence-corrected chi connectivity index (χ4v) is 5.57. The summed E-state index contributed by atoms with van der Waals surface area (Å²) in [5, 5.41) is 9.73. The summed E-state index contributed by atoms with van der Waals surface area (Å²) in [6, 6.07) is 12.8. The van der Waals surface area contributed by atoms with Crippen LogP contribution in [-0.4, -0.2) is 29.8 Å². The van der Waals surface area contributed by atoms with E-state index in [4.69, 9.17) is 0 Å². The molecule has 0 spiro atoms. The maximum atomic E-state index is 13.5. The predicted molar refractivity (Wildman–Crippen MR) is 104 cm³/mol. The summed E-state index contributed by atoms with van der Waals surface area (Å²) in [4.78, 5) is 12.1. The fourth-order valence-electron chi connectivity index (χ4n) is 3.54. The van der Waals surface area contributed by atoms with E-state index in [9.17, 15) is 18.3 Å². The van der Waals surface area contributed by atoms with E-state index in [1.54, 1.807) is 49.4 Å². The van der Waals surface area contributed by atoms with Gasteiger partial charge in [-0.2, -0.15) is 4.31 Å². The maximum absolute atomic E-state index is 13.5. The number of carbonyl (C=O) groups is 1. The Bertz CT molecular complexity index is 993. The Morgan fingerprint density at radius 3 is 2.26 bits per heavy atom. The molecule has 0 radical (unpaired) electrons. The summed E-state index contributed by atoms with van der Waals surface area (Å²) < 4.78 is 28.4. The van der Waals surface area contributed by atoms with Gasteiger partial charge in [0.25, 0.3) is 0 Å². The van der Waals surface area contributed by atoms with Crippen LogP contribution in [0.25, 0.3) is 0 Å². The molecule has 1 aliphatic rings. The topological polar surface area (TPSA) is 74.7 Å². The molecule has 0 amide bonds. The van der Waals surface area contributed by atoms with Crippen LogP contribution in [0.2, 0.25) is 0 Å². The number of carboxylic acid groups (broad SMARTS) is 1. The lowest BCUT2D eigenvalue weighted by atomic mass is 10.00. The molecule has 0 saturated carbocycles. The molecule has 0 fully saturated rings. The molecule has 0 unspecified atom stereocenters. The van der Waals surface area contributed by atoms with E-state index >= 15 is 0 Å². The van der Waals surface area contributed by atoms with Crippen LogP contribution >= 0.6 is 0 Å². The van der Waals surface area contributed by atoms with E-state index in [0.29, 0.717) is 17.5 Å². The summed E-state index contributed by atoms with van der Waals surface area (Å²) in [6.45, 7) is 5.54. The molecule has 0 aliphatic carbocycles. The van der Waals surface area contributed by atoms with Gasteiger partial charge in [0.05, 0.1) is 16.5 Å². The third-order valence-corrected chi connectivity index (χ3v) is 7.01. The zero-order valence-electron chi connectivity index (χ0n) is 15.6. The van der Waals surface area contributed by atoms with Gasteiger partial charge in [0.2, 0.25) is 10.0 Å². The van der Waals surface area contributed by atoms with E-state index in [0.717, 1.165) is 5.56 Å². The van der Waals surface area contributed by atoms with Gasteiger partial charge in [-0.05, 0) is 37.5 Å². The molecular formula is C21H23NO4S. The number of sulfonamides is 1. The van der Waals surface area contributed by atoms with Crippen molar-refractivity contribution in [1.82, 2.24) is 4.31 Å². The number of carboxylic acids is 1. The molecule has 6 heteroatoms. The number of aliphatic carboxylic acids is 1. The Kier molecular flexibility index (Phi) is 5.22. The number of rotatable bonds is 5. The van der Waals surface area contributed by atoms with E-state index in [1.165, 1.54) is 4.31 Å². The molecule has 5 nitrogen and oxygen atoms in total. The SMILES string of the molecule is CC[C@H]1C=C(C(=O)O)[C@@H](c2ccc(C)cc2)N1S(=O)(=O)c1ccccc1C. The highest BCUT2D eigenvalue weighted by Crippen LogP contribution is 2.42. The Balaban J connectivity index is 2.20. The highest BCUT2D eigenvalue weighted by molar-refractivity contribution is 7.89. The first kappa shape index (κ1) is 19.3. The van der Waals surface area contributed by atoms with Crippen molar-refractivity contribution in [3.8, 4) is 0 Å². The summed E-state index contributed by atoms with van der Waals surface area (Å²) in [5.74, 6) is -1.10. The van der Waals surface area contributed by atoms with Crippen LogP contribution in [0.15, 0.2) is 65.1 Å². The van der Waals surface area contributed by atoms with Crippen LogP contribution in [0.3, 0.4) is 0 Å². The van der Waals surface area contributed by atoms with E-state index in [2.05, 4.69) is 0 Å². The number of benzene rings is 2. The minimum Gasteiger partial charge on any atom is -0.478 e. The summed E-state index contributed by atoms with van der Waals surface area (Å²) in [6.07, 6.45) is 2.06.